The molecule has 1 aliphatic carbocycles. The van der Waals surface area contributed by atoms with Gasteiger partial charge in [0.25, 0.3) is 5.56 Å². The molecular weight excluding hydrogens is 370 g/mol. The number of carbonyl (C=O) groups excluding carboxylic acids is 2. The second kappa shape index (κ2) is 8.53. The van der Waals surface area contributed by atoms with Crippen molar-refractivity contribution in [1.29, 1.82) is 0 Å². The zero-order valence-electron chi connectivity index (χ0n) is 16.9. The summed E-state index contributed by atoms with van der Waals surface area (Å²) in [5.41, 5.74) is 0.931. The Morgan fingerprint density at radius 2 is 2.00 bits per heavy atom. The number of rotatable bonds is 6. The van der Waals surface area contributed by atoms with Crippen molar-refractivity contribution in [2.24, 2.45) is 11.8 Å². The minimum absolute atomic E-state index is 0.0202. The maximum Gasteiger partial charge on any atom is 0.251 e. The zero-order chi connectivity index (χ0) is 20.4. The average Bonchev–Trinajstić information content (AvgIpc) is 3.26. The Labute approximate surface area is 170 Å². The highest BCUT2D eigenvalue weighted by molar-refractivity contribution is 5.80. The van der Waals surface area contributed by atoms with Crippen molar-refractivity contribution in [3.63, 3.8) is 0 Å². The van der Waals surface area contributed by atoms with E-state index in [0.717, 1.165) is 25.0 Å². The van der Waals surface area contributed by atoms with E-state index in [1.54, 1.807) is 12.1 Å². The minimum Gasteiger partial charge on any atom is -0.372 e. The van der Waals surface area contributed by atoms with Crippen LogP contribution in [0.4, 0.5) is 0 Å². The van der Waals surface area contributed by atoms with Crippen LogP contribution in [0.3, 0.4) is 0 Å². The number of likely N-dealkylation sites (tertiary alicyclic amines) is 1. The molecule has 0 aromatic carbocycles. The third-order valence-corrected chi connectivity index (χ3v) is 6.41. The lowest BCUT2D eigenvalue weighted by atomic mass is 9.78. The quantitative estimate of drug-likeness (QED) is 0.735. The molecule has 7 heteroatoms. The molecule has 1 N–H and O–H groups in total. The summed E-state index contributed by atoms with van der Waals surface area (Å²) in [7, 11) is 0. The monoisotopic (exact) mass is 399 g/mol. The molecule has 1 saturated heterocycles. The smallest absolute Gasteiger partial charge is 0.251 e. The first-order valence-corrected chi connectivity index (χ1v) is 10.6. The number of aromatic nitrogens is 1. The standard InChI is InChI=1S/C22H29N3O4/c1-2-29-14-20(26)23-11-19-17-10-16(18-8-5-9-21(27)25(18)19)12-24(13-17)22(28)15-6-3-4-7-15/h3-5,8-9,15-17,19H,2,6-7,10-14H2,1H3,(H,23,26)/t16-,17+,19+/m1/s1. The van der Waals surface area contributed by atoms with Gasteiger partial charge in [-0.3, -0.25) is 14.4 Å². The third kappa shape index (κ3) is 4.01. The fourth-order valence-corrected chi connectivity index (χ4v) is 5.03. The first-order chi connectivity index (χ1) is 14.1. The van der Waals surface area contributed by atoms with E-state index in [-0.39, 0.29) is 47.8 Å². The number of ether oxygens (including phenoxy) is 1. The molecule has 29 heavy (non-hydrogen) atoms. The predicted octanol–water partition coefficient (Wildman–Crippen LogP) is 1.45. The van der Waals surface area contributed by atoms with E-state index < -0.39 is 0 Å². The summed E-state index contributed by atoms with van der Waals surface area (Å²) in [6.07, 6.45) is 6.73. The zero-order valence-corrected chi connectivity index (χ0v) is 16.9. The highest BCUT2D eigenvalue weighted by Gasteiger charge is 2.42. The predicted molar refractivity (Wildman–Crippen MR) is 109 cm³/mol. The summed E-state index contributed by atoms with van der Waals surface area (Å²) >= 11 is 0. The van der Waals surface area contributed by atoms with Crippen molar-refractivity contribution in [2.75, 3.05) is 32.8 Å². The van der Waals surface area contributed by atoms with Crippen molar-refractivity contribution in [3.05, 3.63) is 46.4 Å². The summed E-state index contributed by atoms with van der Waals surface area (Å²) < 4.78 is 7.02. The van der Waals surface area contributed by atoms with Gasteiger partial charge in [-0.05, 0) is 38.2 Å². The van der Waals surface area contributed by atoms with Gasteiger partial charge in [-0.1, -0.05) is 18.2 Å². The summed E-state index contributed by atoms with van der Waals surface area (Å²) in [5.74, 6) is 0.398. The molecule has 156 valence electrons. The van der Waals surface area contributed by atoms with Crippen LogP contribution < -0.4 is 10.9 Å². The van der Waals surface area contributed by atoms with Gasteiger partial charge in [0, 0.05) is 49.8 Å². The lowest BCUT2D eigenvalue weighted by Gasteiger charge is -2.47. The lowest BCUT2D eigenvalue weighted by Crippen LogP contribution is -2.54. The van der Waals surface area contributed by atoms with Crippen molar-refractivity contribution in [1.82, 2.24) is 14.8 Å². The van der Waals surface area contributed by atoms with E-state index >= 15 is 0 Å². The second-order valence-corrected chi connectivity index (χ2v) is 8.24. The number of allylic oxidation sites excluding steroid dienone is 2. The SMILES string of the molecule is CCOCC(=O)NC[C@H]1[C@H]2C[C@H](CN(C(=O)C3CC=CC3)C2)c2cccc(=O)n21. The van der Waals surface area contributed by atoms with Gasteiger partial charge in [-0.25, -0.2) is 0 Å². The van der Waals surface area contributed by atoms with Gasteiger partial charge in [0.1, 0.15) is 6.61 Å². The van der Waals surface area contributed by atoms with Crippen LogP contribution in [0.5, 0.6) is 0 Å². The number of carbonyl (C=O) groups is 2. The number of hydrogen-bond donors (Lipinski definition) is 1. The van der Waals surface area contributed by atoms with Crippen LogP contribution in [-0.4, -0.2) is 54.1 Å². The normalized spacial score (nSPS) is 25.7. The van der Waals surface area contributed by atoms with Gasteiger partial charge in [-0.2, -0.15) is 0 Å². The van der Waals surface area contributed by atoms with Crippen molar-refractivity contribution < 1.29 is 14.3 Å². The van der Waals surface area contributed by atoms with Crippen molar-refractivity contribution in [2.45, 2.75) is 38.1 Å². The van der Waals surface area contributed by atoms with E-state index in [9.17, 15) is 14.4 Å². The third-order valence-electron chi connectivity index (χ3n) is 6.41. The Hall–Kier alpha value is -2.41. The Morgan fingerprint density at radius 1 is 1.21 bits per heavy atom. The number of nitrogens with zero attached hydrogens (tertiary/aromatic N) is 2. The summed E-state index contributed by atoms with van der Waals surface area (Å²) in [5, 5.41) is 2.92. The van der Waals surface area contributed by atoms with E-state index in [4.69, 9.17) is 4.74 Å². The average molecular weight is 399 g/mol. The van der Waals surface area contributed by atoms with Crippen LogP contribution in [0.2, 0.25) is 0 Å². The van der Waals surface area contributed by atoms with Crippen LogP contribution in [-0.2, 0) is 14.3 Å². The summed E-state index contributed by atoms with van der Waals surface area (Å²) in [4.78, 5) is 39.8. The Balaban J connectivity index is 1.56. The molecule has 0 spiro atoms. The molecule has 2 amide bonds. The molecule has 2 aliphatic heterocycles. The van der Waals surface area contributed by atoms with Gasteiger partial charge in [0.15, 0.2) is 0 Å². The highest BCUT2D eigenvalue weighted by atomic mass is 16.5. The number of piperidine rings is 1. The molecule has 1 aromatic rings. The van der Waals surface area contributed by atoms with Crippen LogP contribution in [0.15, 0.2) is 35.1 Å². The van der Waals surface area contributed by atoms with E-state index in [1.165, 1.54) is 0 Å². The number of amides is 2. The van der Waals surface area contributed by atoms with Crippen molar-refractivity contribution in [3.8, 4) is 0 Å². The summed E-state index contributed by atoms with van der Waals surface area (Å²) in [6.45, 7) is 4.02. The highest BCUT2D eigenvalue weighted by Crippen LogP contribution is 2.41. The number of pyridine rings is 1. The lowest BCUT2D eigenvalue weighted by molar-refractivity contribution is -0.138. The van der Waals surface area contributed by atoms with E-state index in [1.807, 2.05) is 22.5 Å². The van der Waals surface area contributed by atoms with Gasteiger partial charge in [-0.15, -0.1) is 0 Å². The van der Waals surface area contributed by atoms with Gasteiger partial charge >= 0.3 is 0 Å². The fourth-order valence-electron chi connectivity index (χ4n) is 5.03. The van der Waals surface area contributed by atoms with Crippen molar-refractivity contribution >= 4 is 11.8 Å². The summed E-state index contributed by atoms with van der Waals surface area (Å²) in [6, 6.07) is 5.20. The number of fused-ring (bicyclic) bond motifs is 4. The molecular formula is C22H29N3O4. The largest absolute Gasteiger partial charge is 0.372 e. The van der Waals surface area contributed by atoms with Crippen LogP contribution in [0.1, 0.15) is 43.8 Å². The van der Waals surface area contributed by atoms with Gasteiger partial charge in [0.05, 0.1) is 6.04 Å². The molecule has 1 aromatic heterocycles. The molecule has 4 rings (SSSR count). The molecule has 0 unspecified atom stereocenters. The number of nitrogens with one attached hydrogen (secondary N) is 1. The first kappa shape index (κ1) is 19.9. The minimum atomic E-state index is -0.180. The topological polar surface area (TPSA) is 80.6 Å². The van der Waals surface area contributed by atoms with Crippen LogP contribution in [0, 0.1) is 11.8 Å². The molecule has 1 fully saturated rings. The molecule has 2 bridgehead atoms. The Bertz CT molecular complexity index is 854. The molecule has 3 aliphatic rings. The van der Waals surface area contributed by atoms with Crippen LogP contribution >= 0.6 is 0 Å². The van der Waals surface area contributed by atoms with E-state index in [0.29, 0.717) is 26.2 Å². The first-order valence-electron chi connectivity index (χ1n) is 10.6. The van der Waals surface area contributed by atoms with Gasteiger partial charge < -0.3 is 19.5 Å². The fraction of sp³-hybridized carbons (Fsp3) is 0.591. The van der Waals surface area contributed by atoms with Gasteiger partial charge in [0.2, 0.25) is 11.8 Å². The molecule has 0 saturated carbocycles. The molecule has 0 radical (unpaired) electrons. The Morgan fingerprint density at radius 3 is 2.76 bits per heavy atom. The van der Waals surface area contributed by atoms with Crippen LogP contribution in [0.25, 0.3) is 0 Å². The second-order valence-electron chi connectivity index (χ2n) is 8.24. The molecule has 3 atom stereocenters. The maximum atomic E-state index is 13.0. The Kier molecular flexibility index (Phi) is 5.85. The molecule has 7 nitrogen and oxygen atoms in total. The van der Waals surface area contributed by atoms with E-state index in [2.05, 4.69) is 17.5 Å². The maximum absolute atomic E-state index is 13.0. The molecule has 3 heterocycles. The number of hydrogen-bond acceptors (Lipinski definition) is 4.